The van der Waals surface area contributed by atoms with Crippen LogP contribution in [0.2, 0.25) is 0 Å². The van der Waals surface area contributed by atoms with Crippen molar-refractivity contribution in [2.75, 3.05) is 13.6 Å². The molecule has 0 radical (unpaired) electrons. The molecule has 1 aromatic carbocycles. The van der Waals surface area contributed by atoms with Gasteiger partial charge in [-0.1, -0.05) is 12.1 Å². The molecule has 0 aliphatic carbocycles. The Morgan fingerprint density at radius 3 is 2.16 bits per heavy atom. The minimum absolute atomic E-state index is 0.0277. The molecular weight excluding hydrogens is 281 g/mol. The lowest BCUT2D eigenvalue weighted by molar-refractivity contribution is -0.121. The SMILES string of the molecule is CNC(C)c1ccc(S(=O)(=O)NCC(F)(F)F)cc1. The average Bonchev–Trinajstić information content (AvgIpc) is 2.35. The van der Waals surface area contributed by atoms with Crippen LogP contribution in [0.5, 0.6) is 0 Å². The predicted octanol–water partition coefficient (Wildman–Crippen LogP) is 1.81. The predicted molar refractivity (Wildman–Crippen MR) is 65.2 cm³/mol. The number of hydrogen-bond acceptors (Lipinski definition) is 3. The second-order valence-corrected chi connectivity index (χ2v) is 5.79. The van der Waals surface area contributed by atoms with Gasteiger partial charge < -0.3 is 5.32 Å². The van der Waals surface area contributed by atoms with E-state index in [1.807, 2.05) is 6.92 Å². The van der Waals surface area contributed by atoms with Gasteiger partial charge in [0.1, 0.15) is 6.54 Å². The minimum atomic E-state index is -4.58. The maximum atomic E-state index is 12.0. The molecule has 1 aromatic rings. The van der Waals surface area contributed by atoms with Crippen molar-refractivity contribution in [3.05, 3.63) is 29.8 Å². The summed E-state index contributed by atoms with van der Waals surface area (Å²) in [5.41, 5.74) is 0.845. The Labute approximate surface area is 110 Å². The molecule has 0 aromatic heterocycles. The molecule has 0 heterocycles. The van der Waals surface area contributed by atoms with Crippen LogP contribution in [0, 0.1) is 0 Å². The van der Waals surface area contributed by atoms with E-state index in [1.165, 1.54) is 16.9 Å². The summed E-state index contributed by atoms with van der Waals surface area (Å²) in [5, 5.41) is 2.97. The molecule has 0 amide bonds. The van der Waals surface area contributed by atoms with Gasteiger partial charge >= 0.3 is 6.18 Å². The number of benzene rings is 1. The fraction of sp³-hybridized carbons (Fsp3) is 0.455. The van der Waals surface area contributed by atoms with Gasteiger partial charge in [0.15, 0.2) is 0 Å². The first-order chi connectivity index (χ1) is 8.65. The molecular formula is C11H15F3N2O2S. The average molecular weight is 296 g/mol. The molecule has 19 heavy (non-hydrogen) atoms. The largest absolute Gasteiger partial charge is 0.402 e. The number of alkyl halides is 3. The quantitative estimate of drug-likeness (QED) is 0.871. The molecule has 2 N–H and O–H groups in total. The molecule has 8 heteroatoms. The molecule has 1 atom stereocenters. The van der Waals surface area contributed by atoms with Gasteiger partial charge in [-0.2, -0.15) is 13.2 Å². The van der Waals surface area contributed by atoms with E-state index >= 15 is 0 Å². The van der Waals surface area contributed by atoms with E-state index in [1.54, 1.807) is 19.2 Å². The van der Waals surface area contributed by atoms with Crippen molar-refractivity contribution in [2.45, 2.75) is 24.0 Å². The van der Waals surface area contributed by atoms with Gasteiger partial charge in [0.05, 0.1) is 4.90 Å². The summed E-state index contributed by atoms with van der Waals surface area (Å²) in [5.74, 6) is 0. The Morgan fingerprint density at radius 2 is 1.74 bits per heavy atom. The normalized spacial score (nSPS) is 14.4. The highest BCUT2D eigenvalue weighted by atomic mass is 32.2. The van der Waals surface area contributed by atoms with Gasteiger partial charge in [-0.3, -0.25) is 0 Å². The van der Waals surface area contributed by atoms with Crippen molar-refractivity contribution < 1.29 is 21.6 Å². The van der Waals surface area contributed by atoms with E-state index in [2.05, 4.69) is 5.32 Å². The zero-order valence-electron chi connectivity index (χ0n) is 10.5. The number of nitrogens with one attached hydrogen (secondary N) is 2. The van der Waals surface area contributed by atoms with Gasteiger partial charge in [0, 0.05) is 6.04 Å². The summed E-state index contributed by atoms with van der Waals surface area (Å²) in [6.45, 7) is 0.301. The van der Waals surface area contributed by atoms with Crippen LogP contribution in [0.15, 0.2) is 29.2 Å². The summed E-state index contributed by atoms with van der Waals surface area (Å²) >= 11 is 0. The second-order valence-electron chi connectivity index (χ2n) is 4.02. The maximum Gasteiger partial charge on any atom is 0.402 e. The molecule has 4 nitrogen and oxygen atoms in total. The van der Waals surface area contributed by atoms with Crippen molar-refractivity contribution in [3.8, 4) is 0 Å². The third-order valence-electron chi connectivity index (χ3n) is 2.59. The Balaban J connectivity index is 2.85. The molecule has 0 saturated heterocycles. The Kier molecular flexibility index (Phi) is 4.94. The van der Waals surface area contributed by atoms with Gasteiger partial charge in [-0.15, -0.1) is 0 Å². The van der Waals surface area contributed by atoms with Crippen molar-refractivity contribution in [1.82, 2.24) is 10.0 Å². The molecule has 0 aliphatic rings. The van der Waals surface area contributed by atoms with Gasteiger partial charge in [0.2, 0.25) is 10.0 Å². The third-order valence-corrected chi connectivity index (χ3v) is 4.00. The number of rotatable bonds is 5. The summed E-state index contributed by atoms with van der Waals surface area (Å²) in [7, 11) is -2.38. The van der Waals surface area contributed by atoms with E-state index in [9.17, 15) is 21.6 Å². The van der Waals surface area contributed by atoms with E-state index in [4.69, 9.17) is 0 Å². The van der Waals surface area contributed by atoms with Crippen molar-refractivity contribution in [1.29, 1.82) is 0 Å². The monoisotopic (exact) mass is 296 g/mol. The first kappa shape index (κ1) is 15.9. The third kappa shape index (κ3) is 4.81. The van der Waals surface area contributed by atoms with E-state index in [-0.39, 0.29) is 10.9 Å². The summed E-state index contributed by atoms with van der Waals surface area (Å²) < 4.78 is 60.7. The van der Waals surface area contributed by atoms with Gasteiger partial charge in [-0.25, -0.2) is 13.1 Å². The molecule has 0 spiro atoms. The highest BCUT2D eigenvalue weighted by Crippen LogP contribution is 2.17. The summed E-state index contributed by atoms with van der Waals surface area (Å²) in [6, 6.07) is 5.70. The van der Waals surface area contributed by atoms with Crippen LogP contribution in [0.4, 0.5) is 13.2 Å². The van der Waals surface area contributed by atoms with Crippen LogP contribution >= 0.6 is 0 Å². The van der Waals surface area contributed by atoms with E-state index in [0.29, 0.717) is 0 Å². The van der Waals surface area contributed by atoms with Crippen molar-refractivity contribution >= 4 is 10.0 Å². The molecule has 1 rings (SSSR count). The first-order valence-corrected chi connectivity index (χ1v) is 6.97. The molecule has 0 aliphatic heterocycles. The van der Waals surface area contributed by atoms with Crippen LogP contribution in [0.25, 0.3) is 0 Å². The second kappa shape index (κ2) is 5.89. The summed E-state index contributed by atoms with van der Waals surface area (Å²) in [4.78, 5) is -0.191. The highest BCUT2D eigenvalue weighted by molar-refractivity contribution is 7.89. The molecule has 0 fully saturated rings. The molecule has 108 valence electrons. The van der Waals surface area contributed by atoms with Crippen LogP contribution in [0.1, 0.15) is 18.5 Å². The lowest BCUT2D eigenvalue weighted by Gasteiger charge is -2.12. The minimum Gasteiger partial charge on any atom is -0.313 e. The lowest BCUT2D eigenvalue weighted by Crippen LogP contribution is -2.33. The Hall–Kier alpha value is -1.12. The van der Waals surface area contributed by atoms with Crippen molar-refractivity contribution in [2.24, 2.45) is 0 Å². The Morgan fingerprint density at radius 1 is 1.21 bits per heavy atom. The van der Waals surface area contributed by atoms with E-state index in [0.717, 1.165) is 5.56 Å². The molecule has 0 saturated carbocycles. The maximum absolute atomic E-state index is 12.0. The summed E-state index contributed by atoms with van der Waals surface area (Å²) in [6.07, 6.45) is -4.58. The zero-order chi connectivity index (χ0) is 14.7. The Bertz CT molecular complexity index is 512. The van der Waals surface area contributed by atoms with Gasteiger partial charge in [-0.05, 0) is 31.7 Å². The smallest absolute Gasteiger partial charge is 0.313 e. The molecule has 1 unspecified atom stereocenters. The van der Waals surface area contributed by atoms with Crippen molar-refractivity contribution in [3.63, 3.8) is 0 Å². The fourth-order valence-corrected chi connectivity index (χ4v) is 2.38. The molecule has 0 bridgehead atoms. The van der Waals surface area contributed by atoms with E-state index < -0.39 is 22.7 Å². The lowest BCUT2D eigenvalue weighted by atomic mass is 10.1. The number of sulfonamides is 1. The van der Waals surface area contributed by atoms with Crippen LogP contribution in [-0.2, 0) is 10.0 Å². The van der Waals surface area contributed by atoms with Crippen LogP contribution < -0.4 is 10.0 Å². The van der Waals surface area contributed by atoms with Crippen LogP contribution in [0.3, 0.4) is 0 Å². The highest BCUT2D eigenvalue weighted by Gasteiger charge is 2.30. The standard InChI is InChI=1S/C11H15F3N2O2S/c1-8(15-2)9-3-5-10(6-4-9)19(17,18)16-7-11(12,13)14/h3-6,8,15-16H,7H2,1-2H3. The zero-order valence-corrected chi connectivity index (χ0v) is 11.3. The fourth-order valence-electron chi connectivity index (χ4n) is 1.36. The number of halogens is 3. The topological polar surface area (TPSA) is 58.2 Å². The van der Waals surface area contributed by atoms with Crippen LogP contribution in [-0.4, -0.2) is 28.2 Å². The number of hydrogen-bond donors (Lipinski definition) is 2. The van der Waals surface area contributed by atoms with Gasteiger partial charge in [0.25, 0.3) is 0 Å². The first-order valence-electron chi connectivity index (χ1n) is 5.49.